The molecule has 0 aromatic heterocycles. The van der Waals surface area contributed by atoms with Crippen LogP contribution in [0, 0.1) is 0 Å². The predicted molar refractivity (Wildman–Crippen MR) is 220 cm³/mol. The van der Waals surface area contributed by atoms with Crippen molar-refractivity contribution in [1.82, 2.24) is 0 Å². The Morgan fingerprint density at radius 3 is 1.21 bits per heavy atom. The molecule has 2 rings (SSSR count). The summed E-state index contributed by atoms with van der Waals surface area (Å²) in [5.74, 6) is -4.35. The van der Waals surface area contributed by atoms with E-state index in [0.717, 1.165) is 11.4 Å². The van der Waals surface area contributed by atoms with Gasteiger partial charge in [-0.05, 0) is 24.3 Å². The monoisotopic (exact) mass is 896 g/mol. The van der Waals surface area contributed by atoms with E-state index in [1.54, 1.807) is 23.9 Å². The molecule has 0 aliphatic carbocycles. The Morgan fingerprint density at radius 2 is 1.00 bits per heavy atom. The van der Waals surface area contributed by atoms with Crippen LogP contribution in [-0.4, -0.2) is 87.3 Å². The van der Waals surface area contributed by atoms with Gasteiger partial charge >= 0.3 is 24.6 Å². The van der Waals surface area contributed by atoms with E-state index in [1.165, 1.54) is 10.4 Å². The molecule has 0 saturated heterocycles. The highest BCUT2D eigenvalue weighted by Gasteiger charge is 2.53. The molecule has 342 valence electrons. The fourth-order valence-corrected chi connectivity index (χ4v) is 6.03. The van der Waals surface area contributed by atoms with Crippen LogP contribution >= 0.6 is 0 Å². The van der Waals surface area contributed by atoms with Gasteiger partial charge in [-0.2, -0.15) is 26.3 Å². The molecular weight excluding hydrogens is 833 g/mol. The summed E-state index contributed by atoms with van der Waals surface area (Å²) >= 11 is 0. The number of rotatable bonds is 11. The van der Waals surface area contributed by atoms with E-state index in [4.69, 9.17) is 0 Å². The van der Waals surface area contributed by atoms with Crippen molar-refractivity contribution in [3.8, 4) is 0 Å². The molecule has 20 heteroatoms. The second-order valence-electron chi connectivity index (χ2n) is 12.1. The van der Waals surface area contributed by atoms with Crippen molar-refractivity contribution in [3.05, 3.63) is 73.1 Å². The number of amides is 2. The highest BCUT2D eigenvalue weighted by molar-refractivity contribution is 6.94. The highest BCUT2D eigenvalue weighted by atomic mass is 28.3. The van der Waals surface area contributed by atoms with Crippen molar-refractivity contribution in [2.75, 3.05) is 44.5 Å². The average molecular weight is 897 g/mol. The summed E-state index contributed by atoms with van der Waals surface area (Å²) in [6.45, 7) is 12.8. The predicted octanol–water partition coefficient (Wildman–Crippen LogP) is 12.0. The number of benzene rings is 2. The summed E-state index contributed by atoms with van der Waals surface area (Å²) in [4.78, 5) is 28.8. The van der Waals surface area contributed by atoms with Gasteiger partial charge in [0.2, 0.25) is 11.8 Å². The van der Waals surface area contributed by atoms with Gasteiger partial charge in [0.05, 0.1) is 7.18 Å². The zero-order valence-corrected chi connectivity index (χ0v) is 32.4. The third-order valence-corrected chi connectivity index (χ3v) is 12.9. The minimum Gasteiger partial charge on any atom is -0.315 e. The minimum atomic E-state index is -5.21. The zero-order chi connectivity index (χ0) is 42.2. The van der Waals surface area contributed by atoms with Gasteiger partial charge in [-0.15, -0.1) is 26.3 Å². The van der Waals surface area contributed by atoms with Crippen LogP contribution in [0.1, 0.15) is 50.5 Å². The van der Waals surface area contributed by atoms with Crippen LogP contribution in [0.25, 0.3) is 0 Å². The second-order valence-corrected chi connectivity index (χ2v) is 20.9. The first-order chi connectivity index (χ1) is 23.9. The van der Waals surface area contributed by atoms with Crippen LogP contribution in [0.4, 0.5) is 64.1 Å². The second kappa shape index (κ2) is 28.7. The standard InChI is InChI=1S/C25H34N2O2Si2.C4H5F5O.C3H2F6O.CH3F.5CH4/c1-9-30(5,6)22-15-11-13-20(17-22)26(3)24(28)19-25(29)27(4)21-14-12-16-23(18-21)31(7,8)10-2;1-3(6,10-2-5)4(7,8)9;4-2(5,6)1-10-3(7,8)9;1-2;;;;;/h9-18H,1-2,19H2,3-8H3;2H2,1H3;1H2;1H3;5*1H4. The normalized spacial score (nSPS) is 11.9. The number of hydrogen-bond donors (Lipinski definition) is 0. The molecule has 58 heavy (non-hydrogen) atoms. The Balaban J connectivity index is -0.000000161. The lowest BCUT2D eigenvalue weighted by atomic mass is 10.2. The van der Waals surface area contributed by atoms with Gasteiger partial charge < -0.3 is 14.5 Å². The third-order valence-electron chi connectivity index (χ3n) is 7.26. The van der Waals surface area contributed by atoms with Crippen LogP contribution in [0.3, 0.4) is 0 Å². The molecule has 0 radical (unpaired) electrons. The summed E-state index contributed by atoms with van der Waals surface area (Å²) in [5, 5.41) is 2.41. The van der Waals surface area contributed by atoms with Crippen molar-refractivity contribution in [3.63, 3.8) is 0 Å². The van der Waals surface area contributed by atoms with E-state index in [-0.39, 0.29) is 62.3 Å². The first-order valence-corrected chi connectivity index (χ1v) is 21.2. The van der Waals surface area contributed by atoms with Gasteiger partial charge in [0, 0.05) is 32.4 Å². The number of nitrogens with zero attached hydrogens (tertiary/aromatic N) is 2. The molecule has 0 heterocycles. The number of ether oxygens (including phenoxy) is 2. The van der Waals surface area contributed by atoms with Crippen LogP contribution in [0.2, 0.25) is 26.2 Å². The largest absolute Gasteiger partial charge is 0.522 e. The average Bonchev–Trinajstić information content (AvgIpc) is 3.07. The van der Waals surface area contributed by atoms with Crippen molar-refractivity contribution >= 4 is 49.7 Å². The Morgan fingerprint density at radius 1 is 0.672 bits per heavy atom. The molecule has 0 aliphatic heterocycles. The fraction of sp³-hybridized carbons (Fsp3) is 0.526. The van der Waals surface area contributed by atoms with Crippen molar-refractivity contribution in [2.24, 2.45) is 0 Å². The summed E-state index contributed by atoms with van der Waals surface area (Å²) in [7, 11) is 0.463. The lowest BCUT2D eigenvalue weighted by molar-refractivity contribution is -0.352. The smallest absolute Gasteiger partial charge is 0.315 e. The molecule has 2 aromatic rings. The molecule has 0 aliphatic rings. The summed E-state index contributed by atoms with van der Waals surface area (Å²) < 4.78 is 138. The number of carbonyl (C=O) groups is 2. The summed E-state index contributed by atoms with van der Waals surface area (Å²) in [6, 6.07) is 15.9. The van der Waals surface area contributed by atoms with Gasteiger partial charge in [-0.1, -0.05) is 109 Å². The quantitative estimate of drug-likeness (QED) is 0.128. The van der Waals surface area contributed by atoms with Crippen molar-refractivity contribution in [2.45, 2.75) is 101 Å². The van der Waals surface area contributed by atoms with E-state index in [2.05, 4.69) is 61.0 Å². The SMILES string of the molecule is C.C.C.C.C.C=C[Si](C)(C)c1cccc(N(C)C(=O)CC(=O)N(C)c2cccc([Si](C)(C)C=C)c2)c1.CC(F)(OCF)C(F)(F)F.CF.FC(F)(F)COC(F)(F)F. The van der Waals surface area contributed by atoms with E-state index in [9.17, 15) is 62.3 Å². The van der Waals surface area contributed by atoms with Gasteiger partial charge in [0.15, 0.2) is 13.5 Å². The first-order valence-electron chi connectivity index (χ1n) is 15.1. The maximum atomic E-state index is 12.9. The van der Waals surface area contributed by atoms with Crippen molar-refractivity contribution < 1.29 is 71.7 Å². The lowest BCUT2D eigenvalue weighted by Gasteiger charge is -2.24. The number of carbonyl (C=O) groups excluding carboxylic acids is 2. The molecule has 0 spiro atoms. The van der Waals surface area contributed by atoms with E-state index < -0.39 is 54.2 Å². The molecule has 0 fully saturated rings. The van der Waals surface area contributed by atoms with Crippen LogP contribution in [-0.2, 0) is 19.1 Å². The van der Waals surface area contributed by atoms with Crippen LogP contribution < -0.4 is 20.2 Å². The molecule has 0 bridgehead atoms. The van der Waals surface area contributed by atoms with Crippen molar-refractivity contribution in [1.29, 1.82) is 0 Å². The Labute approximate surface area is 339 Å². The molecule has 0 N–H and O–H groups in total. The fourth-order valence-electron chi connectivity index (χ4n) is 3.47. The molecule has 2 amide bonds. The van der Waals surface area contributed by atoms with Crippen LogP contribution in [0.15, 0.2) is 73.1 Å². The Hall–Kier alpha value is -3.63. The molecule has 1 unspecified atom stereocenters. The lowest BCUT2D eigenvalue weighted by Crippen LogP contribution is -2.41. The molecule has 1 atom stereocenters. The maximum Gasteiger partial charge on any atom is 0.522 e. The number of halogens is 12. The molecule has 2 aromatic carbocycles. The molecule has 6 nitrogen and oxygen atoms in total. The summed E-state index contributed by atoms with van der Waals surface area (Å²) in [5.41, 5.74) is 5.64. The van der Waals surface area contributed by atoms with Gasteiger partial charge in [0.1, 0.15) is 22.6 Å². The van der Waals surface area contributed by atoms with Gasteiger partial charge in [0.25, 0.3) is 0 Å². The Kier molecular flexibility index (Phi) is 34.2. The number of alkyl halides is 12. The number of hydrogen-bond acceptors (Lipinski definition) is 4. The molecule has 0 saturated carbocycles. The van der Waals surface area contributed by atoms with E-state index in [0.29, 0.717) is 7.18 Å². The maximum absolute atomic E-state index is 12.9. The number of anilines is 2. The zero-order valence-electron chi connectivity index (χ0n) is 30.4. The minimum absolute atomic E-state index is 0. The topological polar surface area (TPSA) is 59.1 Å². The van der Waals surface area contributed by atoms with Crippen LogP contribution in [0.5, 0.6) is 0 Å². The summed E-state index contributed by atoms with van der Waals surface area (Å²) in [6.07, 6.45) is -15.5. The Bertz CT molecular complexity index is 1370. The van der Waals surface area contributed by atoms with E-state index in [1.807, 2.05) is 47.8 Å². The van der Waals surface area contributed by atoms with Gasteiger partial charge in [-0.3, -0.25) is 18.7 Å². The third kappa shape index (κ3) is 25.0. The van der Waals surface area contributed by atoms with E-state index >= 15 is 0 Å². The molecular formula is C38H64F12N2O4Si2. The highest BCUT2D eigenvalue weighted by Crippen LogP contribution is 2.34. The van der Waals surface area contributed by atoms with Gasteiger partial charge in [-0.25, -0.2) is 8.78 Å². The first kappa shape index (κ1) is 69.0.